The molecule has 1 unspecified atom stereocenters. The normalized spacial score (nSPS) is 19.7. The van der Waals surface area contributed by atoms with Gasteiger partial charge in [-0.1, -0.05) is 0 Å². The van der Waals surface area contributed by atoms with Gasteiger partial charge in [0.05, 0.1) is 6.10 Å². The zero-order valence-corrected chi connectivity index (χ0v) is 13.6. The second-order valence-electron chi connectivity index (χ2n) is 4.87. The van der Waals surface area contributed by atoms with Crippen LogP contribution in [0.2, 0.25) is 0 Å². The highest BCUT2D eigenvalue weighted by Gasteiger charge is 2.24. The van der Waals surface area contributed by atoms with E-state index in [-0.39, 0.29) is 17.1 Å². The zero-order valence-electron chi connectivity index (χ0n) is 11.2. The lowest BCUT2D eigenvalue weighted by molar-refractivity contribution is 0.0123. The standard InChI is InChI=1S/C13H16BrF2NO3S/c14-11-7-9(15)8-12(16)13(11)21(18,19)17-5-4-10-3-1-2-6-20-10/h7-8,10,17H,1-6H2. The molecule has 1 aromatic rings. The molecule has 0 amide bonds. The quantitative estimate of drug-likeness (QED) is 0.850. The Labute approximate surface area is 131 Å². The minimum absolute atomic E-state index is 0.0305. The average molecular weight is 384 g/mol. The molecule has 8 heteroatoms. The van der Waals surface area contributed by atoms with Crippen molar-refractivity contribution >= 4 is 26.0 Å². The Morgan fingerprint density at radius 2 is 2.10 bits per heavy atom. The summed E-state index contributed by atoms with van der Waals surface area (Å²) in [4.78, 5) is -0.575. The summed E-state index contributed by atoms with van der Waals surface area (Å²) in [5.74, 6) is -1.96. The molecule has 1 saturated heterocycles. The van der Waals surface area contributed by atoms with E-state index in [9.17, 15) is 17.2 Å². The lowest BCUT2D eigenvalue weighted by atomic mass is 10.1. The largest absolute Gasteiger partial charge is 0.378 e. The molecule has 1 atom stereocenters. The first-order valence-corrected chi connectivity index (χ1v) is 8.93. The Morgan fingerprint density at radius 3 is 2.71 bits per heavy atom. The number of hydrogen-bond acceptors (Lipinski definition) is 3. The van der Waals surface area contributed by atoms with Crippen LogP contribution < -0.4 is 4.72 Å². The van der Waals surface area contributed by atoms with Crippen molar-refractivity contribution in [2.45, 2.75) is 36.7 Å². The van der Waals surface area contributed by atoms with E-state index in [1.54, 1.807) is 0 Å². The van der Waals surface area contributed by atoms with Crippen LogP contribution in [0, 0.1) is 11.6 Å². The molecule has 0 aliphatic carbocycles. The first-order chi connectivity index (χ1) is 9.90. The molecule has 2 rings (SSSR count). The summed E-state index contributed by atoms with van der Waals surface area (Å²) in [6, 6.07) is 1.46. The third-order valence-electron chi connectivity index (χ3n) is 3.26. The number of ether oxygens (including phenoxy) is 1. The lowest BCUT2D eigenvalue weighted by Crippen LogP contribution is -2.30. The highest BCUT2D eigenvalue weighted by Crippen LogP contribution is 2.26. The number of nitrogens with one attached hydrogen (secondary N) is 1. The third kappa shape index (κ3) is 4.45. The van der Waals surface area contributed by atoms with E-state index in [0.29, 0.717) is 19.1 Å². The highest BCUT2D eigenvalue weighted by atomic mass is 79.9. The van der Waals surface area contributed by atoms with Crippen LogP contribution in [0.15, 0.2) is 21.5 Å². The molecule has 1 heterocycles. The summed E-state index contributed by atoms with van der Waals surface area (Å²) in [5, 5.41) is 0. The van der Waals surface area contributed by atoms with Crippen molar-refractivity contribution in [1.29, 1.82) is 0 Å². The topological polar surface area (TPSA) is 55.4 Å². The molecule has 118 valence electrons. The minimum atomic E-state index is -4.03. The molecule has 0 bridgehead atoms. The van der Waals surface area contributed by atoms with Crippen molar-refractivity contribution in [2.75, 3.05) is 13.2 Å². The summed E-state index contributed by atoms with van der Waals surface area (Å²) in [5.41, 5.74) is 0. The Morgan fingerprint density at radius 1 is 1.33 bits per heavy atom. The molecule has 4 nitrogen and oxygen atoms in total. The van der Waals surface area contributed by atoms with Gasteiger partial charge in [-0.25, -0.2) is 21.9 Å². The predicted octanol–water partition coefficient (Wildman–Crippen LogP) is 2.96. The van der Waals surface area contributed by atoms with Crippen LogP contribution in [0.3, 0.4) is 0 Å². The van der Waals surface area contributed by atoms with Crippen molar-refractivity contribution in [3.05, 3.63) is 28.2 Å². The van der Waals surface area contributed by atoms with E-state index in [0.717, 1.165) is 25.3 Å². The molecule has 1 fully saturated rings. The first kappa shape index (κ1) is 16.8. The molecular formula is C13H16BrF2NO3S. The van der Waals surface area contributed by atoms with Crippen molar-refractivity contribution in [2.24, 2.45) is 0 Å². The maximum Gasteiger partial charge on any atom is 0.244 e. The van der Waals surface area contributed by atoms with Gasteiger partial charge in [-0.05, 0) is 47.7 Å². The van der Waals surface area contributed by atoms with Crippen LogP contribution in [0.25, 0.3) is 0 Å². The zero-order chi connectivity index (χ0) is 15.5. The maximum atomic E-state index is 13.7. The number of hydrogen-bond donors (Lipinski definition) is 1. The highest BCUT2D eigenvalue weighted by molar-refractivity contribution is 9.10. The molecule has 0 spiro atoms. The van der Waals surface area contributed by atoms with E-state index in [2.05, 4.69) is 20.7 Å². The molecule has 1 N–H and O–H groups in total. The van der Waals surface area contributed by atoms with Crippen LogP contribution in [0.4, 0.5) is 8.78 Å². The third-order valence-corrected chi connectivity index (χ3v) is 5.69. The monoisotopic (exact) mass is 383 g/mol. The summed E-state index contributed by atoms with van der Waals surface area (Å²) in [6.45, 7) is 0.839. The number of halogens is 3. The fourth-order valence-corrected chi connectivity index (χ4v) is 4.46. The van der Waals surface area contributed by atoms with Crippen LogP contribution in [0.5, 0.6) is 0 Å². The van der Waals surface area contributed by atoms with Crippen molar-refractivity contribution < 1.29 is 21.9 Å². The number of benzene rings is 1. The van der Waals surface area contributed by atoms with Crippen LogP contribution >= 0.6 is 15.9 Å². The van der Waals surface area contributed by atoms with Gasteiger partial charge in [-0.15, -0.1) is 0 Å². The SMILES string of the molecule is O=S(=O)(NCCC1CCCCO1)c1c(F)cc(F)cc1Br. The van der Waals surface area contributed by atoms with E-state index < -0.39 is 26.6 Å². The number of rotatable bonds is 5. The van der Waals surface area contributed by atoms with Gasteiger partial charge < -0.3 is 4.74 Å². The molecular weight excluding hydrogens is 368 g/mol. The summed E-state index contributed by atoms with van der Waals surface area (Å²) in [6.07, 6.45) is 3.55. The Bertz CT molecular complexity index is 580. The first-order valence-electron chi connectivity index (χ1n) is 6.66. The molecule has 0 saturated carbocycles. The van der Waals surface area contributed by atoms with Crippen LogP contribution in [0.1, 0.15) is 25.7 Å². The summed E-state index contributed by atoms with van der Waals surface area (Å²) < 4.78 is 58.5. The van der Waals surface area contributed by atoms with Gasteiger partial charge in [-0.2, -0.15) is 0 Å². The molecule has 1 aliphatic rings. The van der Waals surface area contributed by atoms with Gasteiger partial charge >= 0.3 is 0 Å². The van der Waals surface area contributed by atoms with Crippen LogP contribution in [-0.2, 0) is 14.8 Å². The van der Waals surface area contributed by atoms with Crippen LogP contribution in [-0.4, -0.2) is 27.7 Å². The number of sulfonamides is 1. The average Bonchev–Trinajstić information content (AvgIpc) is 2.38. The Kier molecular flexibility index (Phi) is 5.70. The van der Waals surface area contributed by atoms with Gasteiger partial charge in [0.2, 0.25) is 10.0 Å². The van der Waals surface area contributed by atoms with Crippen molar-refractivity contribution in [1.82, 2.24) is 4.72 Å². The smallest absolute Gasteiger partial charge is 0.244 e. The van der Waals surface area contributed by atoms with Gasteiger partial charge in [0.25, 0.3) is 0 Å². The summed E-state index contributed by atoms with van der Waals surface area (Å²) >= 11 is 2.88. The predicted molar refractivity (Wildman–Crippen MR) is 77.5 cm³/mol. The minimum Gasteiger partial charge on any atom is -0.378 e. The molecule has 1 aliphatic heterocycles. The second-order valence-corrected chi connectivity index (χ2v) is 7.43. The van der Waals surface area contributed by atoms with Crippen molar-refractivity contribution in [3.8, 4) is 0 Å². The van der Waals surface area contributed by atoms with E-state index >= 15 is 0 Å². The lowest BCUT2D eigenvalue weighted by Gasteiger charge is -2.22. The van der Waals surface area contributed by atoms with Gasteiger partial charge in [0, 0.05) is 23.7 Å². The fraction of sp³-hybridized carbons (Fsp3) is 0.538. The van der Waals surface area contributed by atoms with E-state index in [1.807, 2.05) is 0 Å². The maximum absolute atomic E-state index is 13.7. The van der Waals surface area contributed by atoms with Gasteiger partial charge in [-0.3, -0.25) is 0 Å². The van der Waals surface area contributed by atoms with E-state index in [1.165, 1.54) is 0 Å². The van der Waals surface area contributed by atoms with Gasteiger partial charge in [0.15, 0.2) is 0 Å². The Balaban J connectivity index is 2.01. The summed E-state index contributed by atoms with van der Waals surface area (Å²) in [7, 11) is -4.03. The Hall–Kier alpha value is -0.570. The second kappa shape index (κ2) is 7.13. The molecule has 21 heavy (non-hydrogen) atoms. The molecule has 1 aromatic carbocycles. The van der Waals surface area contributed by atoms with E-state index in [4.69, 9.17) is 4.74 Å². The molecule has 0 radical (unpaired) electrons. The van der Waals surface area contributed by atoms with Crippen molar-refractivity contribution in [3.63, 3.8) is 0 Å². The molecule has 0 aromatic heterocycles. The van der Waals surface area contributed by atoms with Gasteiger partial charge in [0.1, 0.15) is 16.5 Å². The fourth-order valence-electron chi connectivity index (χ4n) is 2.25.